The van der Waals surface area contributed by atoms with Gasteiger partial charge in [0.1, 0.15) is 0 Å². The van der Waals surface area contributed by atoms with Crippen molar-refractivity contribution in [1.29, 1.82) is 0 Å². The number of benzene rings is 2. The second-order valence-corrected chi connectivity index (χ2v) is 6.62. The lowest BCUT2D eigenvalue weighted by molar-refractivity contribution is -0.118. The zero-order valence-electron chi connectivity index (χ0n) is 13.4. The minimum Gasteiger partial charge on any atom is -0.493 e. The van der Waals surface area contributed by atoms with E-state index in [0.29, 0.717) is 17.9 Å². The molecule has 23 heavy (non-hydrogen) atoms. The Balaban J connectivity index is 2.04. The monoisotopic (exact) mass is 329 g/mol. The zero-order valence-corrected chi connectivity index (χ0v) is 14.2. The predicted molar refractivity (Wildman–Crippen MR) is 92.6 cm³/mol. The molecule has 0 saturated carbocycles. The molecule has 0 N–H and O–H groups in total. The summed E-state index contributed by atoms with van der Waals surface area (Å²) in [5.41, 5.74) is 1.98. The van der Waals surface area contributed by atoms with Gasteiger partial charge in [0.15, 0.2) is 11.5 Å². The number of methoxy groups -OCH3 is 2. The van der Waals surface area contributed by atoms with Crippen molar-refractivity contribution in [1.82, 2.24) is 0 Å². The van der Waals surface area contributed by atoms with E-state index in [9.17, 15) is 4.79 Å². The molecular weight excluding hydrogens is 310 g/mol. The van der Waals surface area contributed by atoms with E-state index in [-0.39, 0.29) is 11.2 Å². The topological polar surface area (TPSA) is 38.8 Å². The summed E-state index contributed by atoms with van der Waals surface area (Å²) in [6.07, 6.45) is 0.471. The number of fused-ring (bicyclic) bond motifs is 1. The van der Waals surface area contributed by atoms with Crippen LogP contribution in [-0.2, 0) is 4.79 Å². The van der Waals surface area contributed by atoms with Gasteiger partial charge in [-0.15, -0.1) is 11.8 Å². The third-order valence-electron chi connectivity index (χ3n) is 4.00. The van der Waals surface area contributed by atoms with Gasteiger partial charge in [-0.05, 0) is 23.8 Å². The average Bonchev–Trinajstić information content (AvgIpc) is 2.59. The summed E-state index contributed by atoms with van der Waals surface area (Å²) < 4.78 is 10.8. The van der Waals surface area contributed by atoms with Gasteiger partial charge in [0, 0.05) is 29.7 Å². The Kier molecular flexibility index (Phi) is 4.48. The highest BCUT2D eigenvalue weighted by Gasteiger charge is 2.31. The maximum Gasteiger partial charge on any atom is 0.228 e. The fourth-order valence-electron chi connectivity index (χ4n) is 2.74. The van der Waals surface area contributed by atoms with Gasteiger partial charge in [0.25, 0.3) is 0 Å². The number of rotatable bonds is 4. The number of nitrogens with zero attached hydrogens (tertiary/aromatic N) is 1. The highest BCUT2D eigenvalue weighted by atomic mass is 32.2. The van der Waals surface area contributed by atoms with Crippen molar-refractivity contribution >= 4 is 23.4 Å². The number of amides is 1. The molecule has 0 aromatic heterocycles. The van der Waals surface area contributed by atoms with E-state index in [1.54, 1.807) is 37.9 Å². The molecule has 0 radical (unpaired) electrons. The Morgan fingerprint density at radius 1 is 1.09 bits per heavy atom. The third-order valence-corrected chi connectivity index (χ3v) is 5.25. The molecule has 0 fully saturated rings. The van der Waals surface area contributed by atoms with Gasteiger partial charge in [-0.3, -0.25) is 4.79 Å². The van der Waals surface area contributed by atoms with Crippen molar-refractivity contribution in [2.75, 3.05) is 26.2 Å². The molecule has 120 valence electrons. The van der Waals surface area contributed by atoms with Crippen molar-refractivity contribution in [2.24, 2.45) is 0 Å². The van der Waals surface area contributed by atoms with Crippen LogP contribution in [0.1, 0.15) is 17.2 Å². The van der Waals surface area contributed by atoms with E-state index in [4.69, 9.17) is 9.47 Å². The molecule has 2 aromatic carbocycles. The minimum atomic E-state index is 0.0657. The summed E-state index contributed by atoms with van der Waals surface area (Å²) in [6.45, 7) is 0. The molecule has 0 bridgehead atoms. The number of carbonyl (C=O) groups excluding carboxylic acids is 1. The van der Waals surface area contributed by atoms with Crippen LogP contribution in [0, 0.1) is 0 Å². The second kappa shape index (κ2) is 6.54. The summed E-state index contributed by atoms with van der Waals surface area (Å²) in [6, 6.07) is 14.0. The van der Waals surface area contributed by atoms with Gasteiger partial charge in [-0.1, -0.05) is 18.2 Å². The molecule has 1 aliphatic rings. The maximum absolute atomic E-state index is 12.4. The first-order valence-corrected chi connectivity index (χ1v) is 8.26. The lowest BCUT2D eigenvalue weighted by Crippen LogP contribution is -2.32. The van der Waals surface area contributed by atoms with Crippen LogP contribution in [0.3, 0.4) is 0 Å². The molecule has 0 saturated heterocycles. The van der Waals surface area contributed by atoms with Crippen molar-refractivity contribution in [2.45, 2.75) is 16.6 Å². The first kappa shape index (κ1) is 15.7. The number of thioether (sulfide) groups is 1. The number of hydrogen-bond donors (Lipinski definition) is 0. The fourth-order valence-corrected chi connectivity index (χ4v) is 3.93. The quantitative estimate of drug-likeness (QED) is 0.853. The number of carbonyl (C=O) groups is 1. The van der Waals surface area contributed by atoms with Crippen LogP contribution in [0.5, 0.6) is 11.5 Å². The van der Waals surface area contributed by atoms with Crippen LogP contribution in [0.25, 0.3) is 0 Å². The van der Waals surface area contributed by atoms with Gasteiger partial charge >= 0.3 is 0 Å². The second-order valence-electron chi connectivity index (χ2n) is 5.34. The molecule has 1 unspecified atom stereocenters. The number of hydrogen-bond acceptors (Lipinski definition) is 4. The molecule has 1 aliphatic heterocycles. The highest BCUT2D eigenvalue weighted by Crippen LogP contribution is 2.48. The largest absolute Gasteiger partial charge is 0.493 e. The molecule has 2 aromatic rings. The van der Waals surface area contributed by atoms with E-state index in [1.165, 1.54) is 0 Å². The molecular formula is C18H19NO3S. The van der Waals surface area contributed by atoms with E-state index in [0.717, 1.165) is 16.1 Å². The third kappa shape index (κ3) is 3.01. The summed E-state index contributed by atoms with van der Waals surface area (Å²) in [5, 5.41) is 0.0657. The van der Waals surface area contributed by atoms with E-state index >= 15 is 0 Å². The Labute approximate surface area is 140 Å². The SMILES string of the molecule is COc1cc2c(cc1OC)N(C)C(=O)CC2Sc1ccccc1. The predicted octanol–water partition coefficient (Wildman–Crippen LogP) is 3.90. The molecule has 0 aliphatic carbocycles. The van der Waals surface area contributed by atoms with Crippen molar-refractivity contribution in [3.8, 4) is 11.5 Å². The summed E-state index contributed by atoms with van der Waals surface area (Å²) in [7, 11) is 5.03. The van der Waals surface area contributed by atoms with Gasteiger partial charge < -0.3 is 14.4 Å². The van der Waals surface area contributed by atoms with Gasteiger partial charge in [0.2, 0.25) is 5.91 Å². The summed E-state index contributed by atoms with van der Waals surface area (Å²) in [4.78, 5) is 15.2. The Morgan fingerprint density at radius 3 is 2.39 bits per heavy atom. The van der Waals surface area contributed by atoms with Crippen LogP contribution < -0.4 is 14.4 Å². The Hall–Kier alpha value is -2.14. The maximum atomic E-state index is 12.4. The minimum absolute atomic E-state index is 0.0657. The molecule has 4 nitrogen and oxygen atoms in total. The summed E-state index contributed by atoms with van der Waals surface area (Å²) >= 11 is 1.70. The lowest BCUT2D eigenvalue weighted by atomic mass is 10.00. The molecule has 5 heteroatoms. The van der Waals surface area contributed by atoms with Crippen LogP contribution in [0.4, 0.5) is 5.69 Å². The molecule has 3 rings (SSSR count). The summed E-state index contributed by atoms with van der Waals surface area (Å²) in [5.74, 6) is 1.43. The van der Waals surface area contributed by atoms with E-state index in [2.05, 4.69) is 12.1 Å². The highest BCUT2D eigenvalue weighted by molar-refractivity contribution is 7.99. The van der Waals surface area contributed by atoms with Gasteiger partial charge in [0.05, 0.1) is 19.9 Å². The van der Waals surface area contributed by atoms with Gasteiger partial charge in [-0.2, -0.15) is 0 Å². The van der Waals surface area contributed by atoms with Gasteiger partial charge in [-0.25, -0.2) is 0 Å². The normalized spacial score (nSPS) is 16.9. The number of ether oxygens (including phenoxy) is 2. The molecule has 1 atom stereocenters. The van der Waals surface area contributed by atoms with Crippen molar-refractivity contribution in [3.05, 3.63) is 48.0 Å². The zero-order chi connectivity index (χ0) is 16.4. The Morgan fingerprint density at radius 2 is 1.74 bits per heavy atom. The van der Waals surface area contributed by atoms with Crippen LogP contribution in [0.2, 0.25) is 0 Å². The van der Waals surface area contributed by atoms with Crippen LogP contribution in [0.15, 0.2) is 47.4 Å². The molecule has 0 spiro atoms. The molecule has 1 amide bonds. The van der Waals surface area contributed by atoms with E-state index in [1.807, 2.05) is 30.3 Å². The van der Waals surface area contributed by atoms with Crippen LogP contribution in [-0.4, -0.2) is 27.2 Å². The lowest BCUT2D eigenvalue weighted by Gasteiger charge is -2.32. The fraction of sp³-hybridized carbons (Fsp3) is 0.278. The smallest absolute Gasteiger partial charge is 0.228 e. The number of anilines is 1. The molecule has 1 heterocycles. The Bertz CT molecular complexity index is 718. The first-order chi connectivity index (χ1) is 11.1. The standard InChI is InChI=1S/C18H19NO3S/c1-19-14-10-16(22-3)15(21-2)9-13(14)17(11-18(19)20)23-12-7-5-4-6-8-12/h4-10,17H,11H2,1-3H3. The van der Waals surface area contributed by atoms with E-state index < -0.39 is 0 Å². The van der Waals surface area contributed by atoms with Crippen LogP contribution >= 0.6 is 11.8 Å². The first-order valence-electron chi connectivity index (χ1n) is 7.38. The van der Waals surface area contributed by atoms with Crippen molar-refractivity contribution in [3.63, 3.8) is 0 Å². The average molecular weight is 329 g/mol. The van der Waals surface area contributed by atoms with Crippen molar-refractivity contribution < 1.29 is 14.3 Å².